The Labute approximate surface area is 57.7 Å². The summed E-state index contributed by atoms with van der Waals surface area (Å²) in [5, 5.41) is 0. The van der Waals surface area contributed by atoms with Gasteiger partial charge in [0.2, 0.25) is 0 Å². The largest absolute Gasteiger partial charge is 0.138 e. The molecule has 0 spiro atoms. The van der Waals surface area contributed by atoms with Crippen molar-refractivity contribution < 1.29 is 0 Å². The van der Waals surface area contributed by atoms with Crippen LogP contribution < -0.4 is 0 Å². The van der Waals surface area contributed by atoms with Crippen LogP contribution in [0.2, 0.25) is 19.5 Å². The minimum Gasteiger partial charge on any atom is -0.127 e. The number of rotatable bonds is 3. The molecule has 2 heteroatoms. The Balaban J connectivity index is 3.35. The summed E-state index contributed by atoms with van der Waals surface area (Å²) in [6, 6.07) is 0. The van der Waals surface area contributed by atoms with E-state index in [-0.39, 0.29) is 0 Å². The van der Waals surface area contributed by atoms with E-state index in [0.29, 0.717) is 0 Å². The molecule has 48 valence electrons. The van der Waals surface area contributed by atoms with Crippen LogP contribution in [0.1, 0.15) is 13.3 Å². The van der Waals surface area contributed by atoms with Crippen molar-refractivity contribution in [1.29, 1.82) is 0 Å². The van der Waals surface area contributed by atoms with Crippen LogP contribution in [0.25, 0.3) is 0 Å². The first-order valence-corrected chi connectivity index (χ1v) is 3.81. The number of halogens is 1. The highest BCUT2D eigenvalue weighted by atomic mass is 35.5. The van der Waals surface area contributed by atoms with E-state index in [9.17, 15) is 0 Å². The van der Waals surface area contributed by atoms with Crippen molar-refractivity contribution in [2.24, 2.45) is 0 Å². The summed E-state index contributed by atoms with van der Waals surface area (Å²) in [6.07, 6.45) is 1.21. The fourth-order valence-corrected chi connectivity index (χ4v) is 1.33. The van der Waals surface area contributed by atoms with Gasteiger partial charge < -0.3 is 0 Å². The lowest BCUT2D eigenvalue weighted by Crippen LogP contribution is -2.12. The molecular weight excluding hydrogens is 118 g/mol. The second-order valence-electron chi connectivity index (χ2n) is 2.57. The van der Waals surface area contributed by atoms with E-state index in [0.717, 1.165) is 18.4 Å². The number of hydrogen-bond donors (Lipinski definition) is 0. The van der Waals surface area contributed by atoms with Gasteiger partial charge in [-0.3, -0.25) is 0 Å². The Morgan fingerprint density at radius 1 is 1.50 bits per heavy atom. The summed E-state index contributed by atoms with van der Waals surface area (Å²) in [6.45, 7) is 7.37. The fourth-order valence-electron chi connectivity index (χ4n) is 0.759. The molecule has 8 heavy (non-hydrogen) atoms. The Hall–Kier alpha value is 0.355. The molecule has 0 saturated heterocycles. The number of hydrogen-bond acceptors (Lipinski definition) is 0. The summed E-state index contributed by atoms with van der Waals surface area (Å²) in [4.78, 5) is 0. The highest BCUT2D eigenvalue weighted by molar-refractivity contribution is 6.58. The van der Waals surface area contributed by atoms with E-state index in [2.05, 4.69) is 20.6 Å². The zero-order valence-corrected chi connectivity index (χ0v) is 6.70. The van der Waals surface area contributed by atoms with Crippen molar-refractivity contribution in [2.75, 3.05) is 5.88 Å². The third kappa shape index (κ3) is 2.61. The van der Waals surface area contributed by atoms with Crippen LogP contribution in [0.3, 0.4) is 0 Å². The molecule has 1 atom stereocenters. The predicted molar refractivity (Wildman–Crippen MR) is 42.2 cm³/mol. The Bertz CT molecular complexity index is 50.5. The normalized spacial score (nSPS) is 13.5. The van der Waals surface area contributed by atoms with Crippen molar-refractivity contribution in [3.8, 4) is 0 Å². The van der Waals surface area contributed by atoms with Crippen LogP contribution in [0, 0.1) is 0 Å². The van der Waals surface area contributed by atoms with Crippen molar-refractivity contribution >= 4 is 18.3 Å². The lowest BCUT2D eigenvalue weighted by Gasteiger charge is -2.11. The predicted octanol–water partition coefficient (Wildman–Crippen LogP) is 2.76. The molecule has 1 unspecified atom stereocenters. The van der Waals surface area contributed by atoms with Gasteiger partial charge in [-0.2, -0.15) is 0 Å². The second-order valence-corrected chi connectivity index (χ2v) is 2.88. The van der Waals surface area contributed by atoms with Crippen molar-refractivity contribution in [2.45, 2.75) is 32.8 Å². The topological polar surface area (TPSA) is 0 Å². The summed E-state index contributed by atoms with van der Waals surface area (Å²) in [5.41, 5.74) is 0. The number of alkyl halides is 1. The van der Waals surface area contributed by atoms with Gasteiger partial charge in [0, 0.05) is 5.88 Å². The van der Waals surface area contributed by atoms with Crippen molar-refractivity contribution in [1.82, 2.24) is 0 Å². The van der Waals surface area contributed by atoms with E-state index in [4.69, 9.17) is 11.6 Å². The third-order valence-corrected chi connectivity index (χ3v) is 2.06. The van der Waals surface area contributed by atoms with Gasteiger partial charge in [-0.15, -0.1) is 11.6 Å². The van der Waals surface area contributed by atoms with Crippen LogP contribution in [-0.4, -0.2) is 12.6 Å². The van der Waals surface area contributed by atoms with Gasteiger partial charge in [-0.25, -0.2) is 0 Å². The zero-order valence-electron chi connectivity index (χ0n) is 5.95. The average molecular weight is 132 g/mol. The lowest BCUT2D eigenvalue weighted by molar-refractivity contribution is 0.865. The maximum Gasteiger partial charge on any atom is 0.138 e. The van der Waals surface area contributed by atoms with E-state index >= 15 is 0 Å². The molecular formula is C6H14BCl. The third-order valence-electron chi connectivity index (χ3n) is 1.67. The standard InChI is InChI=1S/C6H14BCl/c1-4-6(5-8)7(2)3/h6H,4-5H2,1-3H3. The Kier molecular flexibility index (Phi) is 4.44. The molecule has 0 heterocycles. The molecule has 0 radical (unpaired) electrons. The van der Waals surface area contributed by atoms with E-state index < -0.39 is 0 Å². The molecule has 0 aliphatic heterocycles. The molecule has 0 aliphatic carbocycles. The summed E-state index contributed by atoms with van der Waals surface area (Å²) in [5.74, 6) is 1.53. The molecule has 0 fully saturated rings. The summed E-state index contributed by atoms with van der Waals surface area (Å²) >= 11 is 5.66. The van der Waals surface area contributed by atoms with Gasteiger partial charge in [-0.1, -0.05) is 27.0 Å². The minimum absolute atomic E-state index is 0.719. The first kappa shape index (κ1) is 8.35. The first-order valence-electron chi connectivity index (χ1n) is 3.28. The highest BCUT2D eigenvalue weighted by Crippen LogP contribution is 2.15. The van der Waals surface area contributed by atoms with Crippen LogP contribution in [0.5, 0.6) is 0 Å². The maximum atomic E-state index is 5.66. The van der Waals surface area contributed by atoms with Gasteiger partial charge >= 0.3 is 0 Å². The molecule has 0 aromatic carbocycles. The second kappa shape index (κ2) is 4.26. The van der Waals surface area contributed by atoms with Gasteiger partial charge in [0.05, 0.1) is 0 Å². The van der Waals surface area contributed by atoms with Gasteiger partial charge in [0.15, 0.2) is 0 Å². The van der Waals surface area contributed by atoms with Crippen molar-refractivity contribution in [3.63, 3.8) is 0 Å². The fraction of sp³-hybridized carbons (Fsp3) is 1.00. The van der Waals surface area contributed by atoms with E-state index in [1.807, 2.05) is 0 Å². The van der Waals surface area contributed by atoms with Crippen LogP contribution in [-0.2, 0) is 0 Å². The van der Waals surface area contributed by atoms with Crippen molar-refractivity contribution in [3.05, 3.63) is 0 Å². The van der Waals surface area contributed by atoms with Crippen LogP contribution in [0.15, 0.2) is 0 Å². The Morgan fingerprint density at radius 3 is 2.00 bits per heavy atom. The lowest BCUT2D eigenvalue weighted by atomic mass is 9.45. The first-order chi connectivity index (χ1) is 3.72. The summed E-state index contributed by atoms with van der Waals surface area (Å²) in [7, 11) is 0. The van der Waals surface area contributed by atoms with Crippen LogP contribution >= 0.6 is 11.6 Å². The minimum atomic E-state index is 0.719. The quantitative estimate of drug-likeness (QED) is 0.409. The Morgan fingerprint density at radius 2 is 2.00 bits per heavy atom. The molecule has 0 amide bonds. The molecule has 0 nitrogen and oxygen atoms in total. The monoisotopic (exact) mass is 132 g/mol. The molecule has 0 rings (SSSR count). The zero-order chi connectivity index (χ0) is 6.57. The summed E-state index contributed by atoms with van der Waals surface area (Å²) < 4.78 is 0. The smallest absolute Gasteiger partial charge is 0.127 e. The van der Waals surface area contributed by atoms with E-state index in [1.165, 1.54) is 6.42 Å². The molecule has 0 N–H and O–H groups in total. The highest BCUT2D eigenvalue weighted by Gasteiger charge is 2.11. The molecule has 0 aromatic heterocycles. The molecule has 0 aliphatic rings. The molecule has 0 bridgehead atoms. The molecule has 0 saturated carbocycles. The SMILES string of the molecule is CCC(CCl)B(C)C. The average Bonchev–Trinajstić information content (AvgIpc) is 1.69. The maximum absolute atomic E-state index is 5.66. The van der Waals surface area contributed by atoms with Gasteiger partial charge in [-0.05, 0) is 5.82 Å². The van der Waals surface area contributed by atoms with E-state index in [1.54, 1.807) is 0 Å². The van der Waals surface area contributed by atoms with Gasteiger partial charge in [0.1, 0.15) is 6.71 Å². The van der Waals surface area contributed by atoms with Crippen LogP contribution in [0.4, 0.5) is 0 Å². The van der Waals surface area contributed by atoms with Gasteiger partial charge in [0.25, 0.3) is 0 Å². The molecule has 0 aromatic rings.